The minimum absolute atomic E-state index is 0.769. The van der Waals surface area contributed by atoms with E-state index in [2.05, 4.69) is 62.9 Å². The molecule has 31 heavy (non-hydrogen) atoms. The van der Waals surface area contributed by atoms with Crippen molar-refractivity contribution < 1.29 is 0 Å². The minimum Gasteiger partial charge on any atom is -0.356 e. The van der Waals surface area contributed by atoms with Gasteiger partial charge in [-0.25, -0.2) is 9.97 Å². The van der Waals surface area contributed by atoms with Gasteiger partial charge in [0.25, 0.3) is 0 Å². The first-order valence-electron chi connectivity index (χ1n) is 11.7. The number of hydrogen-bond donors (Lipinski definition) is 1. The van der Waals surface area contributed by atoms with Gasteiger partial charge in [-0.1, -0.05) is 30.3 Å². The molecule has 4 heterocycles. The van der Waals surface area contributed by atoms with Crippen LogP contribution in [0.2, 0.25) is 0 Å². The standard InChI is InChI=1S/C25H33N5S/c1-29-13-5-8-21(29)9-12-26-16-19-10-14-30(15-11-19)24-23-22(20-6-3-2-4-7-20)17-31-25(23)28-18-27-24/h2-4,6-7,17-19,21,26H,5,8-16H2,1H3. The van der Waals surface area contributed by atoms with Gasteiger partial charge < -0.3 is 15.1 Å². The molecule has 1 N–H and O–H groups in total. The van der Waals surface area contributed by atoms with Crippen LogP contribution in [0, 0.1) is 5.92 Å². The SMILES string of the molecule is CN1CCCC1CCNCC1CCN(c2ncnc3scc(-c4ccccc4)c23)CC1. The van der Waals surface area contributed by atoms with E-state index in [1.165, 1.54) is 55.2 Å². The minimum atomic E-state index is 0.769. The van der Waals surface area contributed by atoms with Crippen molar-refractivity contribution in [1.29, 1.82) is 0 Å². The van der Waals surface area contributed by atoms with E-state index in [-0.39, 0.29) is 0 Å². The molecule has 3 aromatic rings. The lowest BCUT2D eigenvalue weighted by molar-refractivity contribution is 0.289. The number of thiophene rings is 1. The van der Waals surface area contributed by atoms with E-state index in [9.17, 15) is 0 Å². The predicted molar refractivity (Wildman–Crippen MR) is 131 cm³/mol. The van der Waals surface area contributed by atoms with Crippen molar-refractivity contribution in [3.8, 4) is 11.1 Å². The van der Waals surface area contributed by atoms with E-state index in [0.717, 1.165) is 48.8 Å². The molecule has 2 aliphatic rings. The second-order valence-corrected chi connectivity index (χ2v) is 9.95. The summed E-state index contributed by atoms with van der Waals surface area (Å²) >= 11 is 1.72. The average molecular weight is 436 g/mol. The summed E-state index contributed by atoms with van der Waals surface area (Å²) in [5, 5.41) is 7.20. The molecule has 0 bridgehead atoms. The molecule has 0 radical (unpaired) electrons. The van der Waals surface area contributed by atoms with E-state index in [1.54, 1.807) is 17.7 Å². The predicted octanol–water partition coefficient (Wildman–Crippen LogP) is 4.65. The molecule has 2 fully saturated rings. The van der Waals surface area contributed by atoms with E-state index in [4.69, 9.17) is 4.98 Å². The van der Waals surface area contributed by atoms with Crippen LogP contribution in [0.4, 0.5) is 5.82 Å². The molecule has 164 valence electrons. The van der Waals surface area contributed by atoms with Crippen LogP contribution in [-0.2, 0) is 0 Å². The maximum absolute atomic E-state index is 4.74. The molecule has 2 saturated heterocycles. The fraction of sp³-hybridized carbons (Fsp3) is 0.520. The van der Waals surface area contributed by atoms with Crippen molar-refractivity contribution in [2.75, 3.05) is 44.7 Å². The third-order valence-electron chi connectivity index (χ3n) is 7.11. The molecule has 0 aliphatic carbocycles. The van der Waals surface area contributed by atoms with Gasteiger partial charge in [-0.2, -0.15) is 0 Å². The van der Waals surface area contributed by atoms with Crippen LogP contribution < -0.4 is 10.2 Å². The van der Waals surface area contributed by atoms with Crippen LogP contribution >= 0.6 is 11.3 Å². The molecule has 1 aromatic carbocycles. The monoisotopic (exact) mass is 435 g/mol. The van der Waals surface area contributed by atoms with Crippen LogP contribution in [0.25, 0.3) is 21.3 Å². The average Bonchev–Trinajstić information content (AvgIpc) is 3.44. The summed E-state index contributed by atoms with van der Waals surface area (Å²) in [7, 11) is 2.27. The quantitative estimate of drug-likeness (QED) is 0.547. The van der Waals surface area contributed by atoms with Crippen molar-refractivity contribution in [1.82, 2.24) is 20.2 Å². The van der Waals surface area contributed by atoms with E-state index in [0.29, 0.717) is 0 Å². The van der Waals surface area contributed by atoms with Crippen LogP contribution in [0.15, 0.2) is 42.0 Å². The van der Waals surface area contributed by atoms with Crippen LogP contribution in [0.5, 0.6) is 0 Å². The number of hydrogen-bond acceptors (Lipinski definition) is 6. The van der Waals surface area contributed by atoms with Crippen molar-refractivity contribution in [2.45, 2.75) is 38.1 Å². The smallest absolute Gasteiger partial charge is 0.141 e. The lowest BCUT2D eigenvalue weighted by Crippen LogP contribution is -2.38. The molecular formula is C25H33N5S. The normalized spacial score (nSPS) is 20.7. The van der Waals surface area contributed by atoms with Crippen molar-refractivity contribution in [3.63, 3.8) is 0 Å². The topological polar surface area (TPSA) is 44.3 Å². The molecule has 2 aliphatic heterocycles. The summed E-state index contributed by atoms with van der Waals surface area (Å²) in [5.74, 6) is 1.88. The zero-order valence-corrected chi connectivity index (χ0v) is 19.3. The summed E-state index contributed by atoms with van der Waals surface area (Å²) in [6.07, 6.45) is 8.22. The van der Waals surface area contributed by atoms with Crippen molar-refractivity contribution in [2.24, 2.45) is 5.92 Å². The Morgan fingerprint density at radius 2 is 1.90 bits per heavy atom. The van der Waals surface area contributed by atoms with Gasteiger partial charge in [0.05, 0.1) is 5.39 Å². The van der Waals surface area contributed by atoms with Crippen LogP contribution in [0.3, 0.4) is 0 Å². The van der Waals surface area contributed by atoms with Gasteiger partial charge in [0, 0.05) is 30.1 Å². The fourth-order valence-electron chi connectivity index (χ4n) is 5.20. The molecular weight excluding hydrogens is 402 g/mol. The molecule has 5 rings (SSSR count). The molecule has 0 saturated carbocycles. The highest BCUT2D eigenvalue weighted by molar-refractivity contribution is 7.17. The summed E-state index contributed by atoms with van der Waals surface area (Å²) in [4.78, 5) is 15.4. The molecule has 6 heteroatoms. The Morgan fingerprint density at radius 1 is 1.06 bits per heavy atom. The van der Waals surface area contributed by atoms with Gasteiger partial charge in [-0.3, -0.25) is 0 Å². The first-order chi connectivity index (χ1) is 15.3. The number of fused-ring (bicyclic) bond motifs is 1. The van der Waals surface area contributed by atoms with Crippen LogP contribution in [0.1, 0.15) is 32.1 Å². The van der Waals surface area contributed by atoms with Gasteiger partial charge in [0.15, 0.2) is 0 Å². The second-order valence-electron chi connectivity index (χ2n) is 9.09. The highest BCUT2D eigenvalue weighted by Gasteiger charge is 2.24. The number of rotatable bonds is 7. The molecule has 0 amide bonds. The van der Waals surface area contributed by atoms with Gasteiger partial charge in [0.2, 0.25) is 0 Å². The van der Waals surface area contributed by atoms with E-state index < -0.39 is 0 Å². The van der Waals surface area contributed by atoms with Crippen molar-refractivity contribution in [3.05, 3.63) is 42.0 Å². The Labute approximate surface area is 189 Å². The van der Waals surface area contributed by atoms with Gasteiger partial charge in [-0.05, 0) is 70.3 Å². The molecule has 0 spiro atoms. The third-order valence-corrected chi connectivity index (χ3v) is 7.99. The van der Waals surface area contributed by atoms with Gasteiger partial charge in [0.1, 0.15) is 17.0 Å². The molecule has 5 nitrogen and oxygen atoms in total. The second kappa shape index (κ2) is 9.63. The maximum atomic E-state index is 4.74. The Hall–Kier alpha value is -2.02. The first kappa shape index (κ1) is 20.9. The fourth-order valence-corrected chi connectivity index (χ4v) is 6.11. The summed E-state index contributed by atoms with van der Waals surface area (Å²) in [6.45, 7) is 5.73. The Morgan fingerprint density at radius 3 is 2.68 bits per heavy atom. The van der Waals surface area contributed by atoms with E-state index in [1.807, 2.05) is 0 Å². The number of aromatic nitrogens is 2. The van der Waals surface area contributed by atoms with Crippen molar-refractivity contribution >= 4 is 27.4 Å². The molecule has 1 unspecified atom stereocenters. The lowest BCUT2D eigenvalue weighted by Gasteiger charge is -2.33. The molecule has 2 aromatic heterocycles. The maximum Gasteiger partial charge on any atom is 0.141 e. The molecule has 1 atom stereocenters. The van der Waals surface area contributed by atoms with Crippen LogP contribution in [-0.4, -0.2) is 60.7 Å². The number of anilines is 1. The lowest BCUT2D eigenvalue weighted by atomic mass is 9.96. The number of nitrogens with one attached hydrogen (secondary N) is 1. The zero-order valence-electron chi connectivity index (χ0n) is 18.5. The first-order valence-corrected chi connectivity index (χ1v) is 12.6. The largest absolute Gasteiger partial charge is 0.356 e. The van der Waals surface area contributed by atoms with E-state index >= 15 is 0 Å². The number of piperidine rings is 1. The van der Waals surface area contributed by atoms with Gasteiger partial charge >= 0.3 is 0 Å². The third kappa shape index (κ3) is 4.61. The highest BCUT2D eigenvalue weighted by Crippen LogP contribution is 2.38. The number of benzene rings is 1. The Balaban J connectivity index is 1.19. The summed E-state index contributed by atoms with van der Waals surface area (Å²) in [5.41, 5.74) is 2.51. The number of likely N-dealkylation sites (tertiary alicyclic amines) is 1. The zero-order chi connectivity index (χ0) is 21.0. The Kier molecular flexibility index (Phi) is 6.48. The summed E-state index contributed by atoms with van der Waals surface area (Å²) < 4.78 is 0. The van der Waals surface area contributed by atoms with Gasteiger partial charge in [-0.15, -0.1) is 11.3 Å². The highest BCUT2D eigenvalue weighted by atomic mass is 32.1. The number of nitrogens with zero attached hydrogens (tertiary/aromatic N) is 4. The Bertz CT molecular complexity index is 980. The summed E-state index contributed by atoms with van der Waals surface area (Å²) in [6, 6.07) is 11.4.